The molecular weight excluding hydrogens is 370 g/mol. The van der Waals surface area contributed by atoms with Crippen molar-refractivity contribution >= 4 is 5.91 Å². The van der Waals surface area contributed by atoms with E-state index >= 15 is 0 Å². The minimum Gasteiger partial charge on any atom is -0.494 e. The molecule has 0 atom stereocenters. The third kappa shape index (κ3) is 5.10. The Morgan fingerprint density at radius 3 is 2.66 bits per heavy atom. The summed E-state index contributed by atoms with van der Waals surface area (Å²) in [5, 5.41) is 7.14. The fraction of sp³-hybridized carbons (Fsp3) is 0.333. The van der Waals surface area contributed by atoms with E-state index in [0.717, 1.165) is 18.6 Å². The van der Waals surface area contributed by atoms with Crippen molar-refractivity contribution in [2.75, 3.05) is 13.2 Å². The van der Waals surface area contributed by atoms with Gasteiger partial charge in [-0.05, 0) is 42.8 Å². The van der Waals surface area contributed by atoms with Crippen molar-refractivity contribution in [1.29, 1.82) is 0 Å². The first-order chi connectivity index (χ1) is 14.1. The van der Waals surface area contributed by atoms with Crippen molar-refractivity contribution in [2.24, 2.45) is 7.05 Å². The van der Waals surface area contributed by atoms with Gasteiger partial charge >= 0.3 is 5.69 Å². The molecule has 0 bridgehead atoms. The summed E-state index contributed by atoms with van der Waals surface area (Å²) in [4.78, 5) is 28.9. The molecule has 3 aromatic rings. The van der Waals surface area contributed by atoms with Gasteiger partial charge in [-0.3, -0.25) is 14.3 Å². The van der Waals surface area contributed by atoms with Crippen LogP contribution in [0.2, 0.25) is 0 Å². The molecule has 0 aliphatic carbocycles. The average molecular weight is 395 g/mol. The summed E-state index contributed by atoms with van der Waals surface area (Å²) < 4.78 is 8.37. The zero-order valence-corrected chi connectivity index (χ0v) is 16.7. The molecule has 0 unspecified atom stereocenters. The lowest BCUT2D eigenvalue weighted by Gasteiger charge is -2.07. The minimum atomic E-state index is -0.256. The number of benzene rings is 1. The van der Waals surface area contributed by atoms with Crippen LogP contribution in [0.4, 0.5) is 0 Å². The van der Waals surface area contributed by atoms with Crippen molar-refractivity contribution in [2.45, 2.75) is 26.3 Å². The first-order valence-corrected chi connectivity index (χ1v) is 9.66. The fourth-order valence-corrected chi connectivity index (χ4v) is 2.77. The van der Waals surface area contributed by atoms with E-state index < -0.39 is 0 Å². The maximum atomic E-state index is 12.4. The zero-order chi connectivity index (χ0) is 20.6. The van der Waals surface area contributed by atoms with Crippen molar-refractivity contribution in [3.8, 4) is 17.3 Å². The van der Waals surface area contributed by atoms with Crippen LogP contribution in [-0.2, 0) is 13.6 Å². The van der Waals surface area contributed by atoms with Crippen LogP contribution < -0.4 is 15.7 Å². The lowest BCUT2D eigenvalue weighted by molar-refractivity contribution is 0.0951. The SMILES string of the molecule is CCCCOc1ccc(C(=O)NCCn2nc(-c3ccccn3)n(C)c2=O)cc1. The average Bonchev–Trinajstić information content (AvgIpc) is 3.03. The van der Waals surface area contributed by atoms with E-state index in [2.05, 4.69) is 22.3 Å². The topological polar surface area (TPSA) is 91.0 Å². The van der Waals surface area contributed by atoms with Gasteiger partial charge in [0.05, 0.1) is 13.2 Å². The van der Waals surface area contributed by atoms with E-state index in [4.69, 9.17) is 4.74 Å². The third-order valence-electron chi connectivity index (χ3n) is 4.43. The molecule has 1 amide bonds. The monoisotopic (exact) mass is 395 g/mol. The van der Waals surface area contributed by atoms with Gasteiger partial charge in [0.15, 0.2) is 5.82 Å². The summed E-state index contributed by atoms with van der Waals surface area (Å²) in [6, 6.07) is 12.5. The Kier molecular flexibility index (Phi) is 6.78. The number of hydrogen-bond acceptors (Lipinski definition) is 5. The molecule has 3 rings (SSSR count). The molecule has 0 radical (unpaired) electrons. The Labute approximate surface area is 169 Å². The number of nitrogens with one attached hydrogen (secondary N) is 1. The van der Waals surface area contributed by atoms with E-state index in [-0.39, 0.29) is 24.7 Å². The minimum absolute atomic E-state index is 0.209. The van der Waals surface area contributed by atoms with E-state index in [9.17, 15) is 9.59 Å². The Morgan fingerprint density at radius 2 is 1.97 bits per heavy atom. The number of nitrogens with zero attached hydrogens (tertiary/aromatic N) is 4. The van der Waals surface area contributed by atoms with E-state index in [1.165, 1.54) is 9.25 Å². The molecule has 1 aromatic carbocycles. The molecule has 8 heteroatoms. The van der Waals surface area contributed by atoms with Crippen LogP contribution in [0.15, 0.2) is 53.5 Å². The molecule has 2 heterocycles. The zero-order valence-electron chi connectivity index (χ0n) is 16.7. The van der Waals surface area contributed by atoms with Gasteiger partial charge in [-0.2, -0.15) is 0 Å². The Hall–Kier alpha value is -3.42. The van der Waals surface area contributed by atoms with Crippen LogP contribution in [0.1, 0.15) is 30.1 Å². The lowest BCUT2D eigenvalue weighted by Crippen LogP contribution is -2.31. The number of pyridine rings is 1. The highest BCUT2D eigenvalue weighted by molar-refractivity contribution is 5.94. The van der Waals surface area contributed by atoms with Gasteiger partial charge < -0.3 is 10.1 Å². The third-order valence-corrected chi connectivity index (χ3v) is 4.43. The number of carbonyl (C=O) groups is 1. The summed E-state index contributed by atoms with van der Waals surface area (Å²) >= 11 is 0. The van der Waals surface area contributed by atoms with Crippen molar-refractivity contribution in [1.82, 2.24) is 24.6 Å². The second-order valence-electron chi connectivity index (χ2n) is 6.59. The number of ether oxygens (including phenoxy) is 1. The second-order valence-corrected chi connectivity index (χ2v) is 6.59. The molecule has 0 aliphatic rings. The number of rotatable bonds is 9. The quantitative estimate of drug-likeness (QED) is 0.561. The maximum Gasteiger partial charge on any atom is 0.346 e. The number of hydrogen-bond donors (Lipinski definition) is 1. The van der Waals surface area contributed by atoms with Crippen LogP contribution in [0.25, 0.3) is 11.5 Å². The van der Waals surface area contributed by atoms with Crippen molar-refractivity contribution in [3.05, 3.63) is 64.7 Å². The molecule has 0 saturated carbocycles. The lowest BCUT2D eigenvalue weighted by atomic mass is 10.2. The van der Waals surface area contributed by atoms with E-state index in [1.54, 1.807) is 49.6 Å². The van der Waals surface area contributed by atoms with Crippen LogP contribution in [0.5, 0.6) is 5.75 Å². The van der Waals surface area contributed by atoms with Gasteiger partial charge in [-0.25, -0.2) is 9.48 Å². The van der Waals surface area contributed by atoms with Gasteiger partial charge in [-0.1, -0.05) is 19.4 Å². The summed E-state index contributed by atoms with van der Waals surface area (Å²) in [7, 11) is 1.65. The standard InChI is InChI=1S/C21H25N5O3/c1-3-4-15-29-17-10-8-16(9-11-17)20(27)23-13-14-26-21(28)25(2)19(24-26)18-7-5-6-12-22-18/h5-12H,3-4,13-15H2,1-2H3,(H,23,27). The van der Waals surface area contributed by atoms with Gasteiger partial charge in [-0.15, -0.1) is 5.10 Å². The van der Waals surface area contributed by atoms with E-state index in [0.29, 0.717) is 23.7 Å². The maximum absolute atomic E-state index is 12.4. The van der Waals surface area contributed by atoms with Gasteiger partial charge in [0.1, 0.15) is 11.4 Å². The van der Waals surface area contributed by atoms with Gasteiger partial charge in [0.2, 0.25) is 0 Å². The predicted molar refractivity (Wildman–Crippen MR) is 110 cm³/mol. The molecule has 0 saturated heterocycles. The molecular formula is C21H25N5O3. The molecule has 2 aromatic heterocycles. The predicted octanol–water partition coefficient (Wildman–Crippen LogP) is 2.25. The summed E-state index contributed by atoms with van der Waals surface area (Å²) in [5.41, 5.74) is 0.903. The van der Waals surface area contributed by atoms with Crippen molar-refractivity contribution in [3.63, 3.8) is 0 Å². The van der Waals surface area contributed by atoms with Gasteiger partial charge in [0, 0.05) is 25.4 Å². The van der Waals surface area contributed by atoms with Crippen LogP contribution >= 0.6 is 0 Å². The molecule has 0 spiro atoms. The largest absolute Gasteiger partial charge is 0.494 e. The molecule has 8 nitrogen and oxygen atoms in total. The summed E-state index contributed by atoms with van der Waals surface area (Å²) in [6.45, 7) is 3.33. The Balaban J connectivity index is 1.56. The highest BCUT2D eigenvalue weighted by Crippen LogP contribution is 2.13. The van der Waals surface area contributed by atoms with Crippen LogP contribution in [0.3, 0.4) is 0 Å². The highest BCUT2D eigenvalue weighted by Gasteiger charge is 2.13. The highest BCUT2D eigenvalue weighted by atomic mass is 16.5. The molecule has 0 fully saturated rings. The number of unbranched alkanes of at least 4 members (excludes halogenated alkanes) is 1. The van der Waals surface area contributed by atoms with Crippen molar-refractivity contribution < 1.29 is 9.53 Å². The molecule has 152 valence electrons. The number of aromatic nitrogens is 4. The van der Waals surface area contributed by atoms with Crippen LogP contribution in [0, 0.1) is 0 Å². The molecule has 29 heavy (non-hydrogen) atoms. The Morgan fingerprint density at radius 1 is 1.17 bits per heavy atom. The summed E-state index contributed by atoms with van der Waals surface area (Å²) in [6.07, 6.45) is 3.72. The second kappa shape index (κ2) is 9.68. The summed E-state index contributed by atoms with van der Waals surface area (Å²) in [5.74, 6) is 1.02. The normalized spacial score (nSPS) is 10.7. The van der Waals surface area contributed by atoms with Crippen LogP contribution in [-0.4, -0.2) is 38.4 Å². The van der Waals surface area contributed by atoms with E-state index in [1.807, 2.05) is 6.07 Å². The first kappa shape index (κ1) is 20.3. The molecule has 1 N–H and O–H groups in total. The smallest absolute Gasteiger partial charge is 0.346 e. The number of amides is 1. The van der Waals surface area contributed by atoms with Gasteiger partial charge in [0.25, 0.3) is 5.91 Å². The first-order valence-electron chi connectivity index (χ1n) is 9.66. The number of carbonyl (C=O) groups excluding carboxylic acids is 1. The Bertz CT molecular complexity index is 993. The fourth-order valence-electron chi connectivity index (χ4n) is 2.77. The molecule has 0 aliphatic heterocycles.